The van der Waals surface area contributed by atoms with E-state index in [4.69, 9.17) is 4.74 Å². The van der Waals surface area contributed by atoms with Crippen molar-refractivity contribution in [3.05, 3.63) is 0 Å². The van der Waals surface area contributed by atoms with Gasteiger partial charge in [0.05, 0.1) is 6.10 Å². The number of nitrogens with one attached hydrogen (secondary N) is 1. The Hall–Kier alpha value is -0.320. The lowest BCUT2D eigenvalue weighted by Crippen LogP contribution is -2.40. The molecule has 0 spiro atoms. The molecule has 1 N–H and O–H groups in total. The molecule has 0 aliphatic carbocycles. The molecule has 0 bridgehead atoms. The third kappa shape index (κ3) is 5.58. The average Bonchev–Trinajstić information content (AvgIpc) is 2.96. The van der Waals surface area contributed by atoms with Crippen LogP contribution in [0.4, 0.5) is 0 Å². The van der Waals surface area contributed by atoms with E-state index in [2.05, 4.69) is 17.1 Å². The maximum Gasteiger partial charge on any atom is 0.222 e. The lowest BCUT2D eigenvalue weighted by molar-refractivity contribution is -0.133. The van der Waals surface area contributed by atoms with Gasteiger partial charge in [0.15, 0.2) is 0 Å². The second-order valence-corrected chi connectivity index (χ2v) is 5.81. The van der Waals surface area contributed by atoms with E-state index in [9.17, 15) is 4.79 Å². The number of halogens is 1. The van der Waals surface area contributed by atoms with E-state index >= 15 is 0 Å². The smallest absolute Gasteiger partial charge is 0.222 e. The number of ether oxygens (including phenoxy) is 1. The number of carbonyl (C=O) groups excluding carboxylic acids is 1. The molecule has 1 atom stereocenters. The van der Waals surface area contributed by atoms with Crippen molar-refractivity contribution in [3.63, 3.8) is 0 Å². The lowest BCUT2D eigenvalue weighted by atomic mass is 9.96. The Bertz CT molecular complexity index is 275. The van der Waals surface area contributed by atoms with E-state index in [1.807, 2.05) is 0 Å². The van der Waals surface area contributed by atoms with Gasteiger partial charge in [0.2, 0.25) is 5.91 Å². The molecule has 1 unspecified atom stereocenters. The van der Waals surface area contributed by atoms with Gasteiger partial charge in [-0.05, 0) is 51.1 Å². The SMILES string of the molecule is CCNCC1CCN(C(=O)CCC2CCCO2)CC1.Cl. The van der Waals surface area contributed by atoms with Crippen LogP contribution in [0.3, 0.4) is 0 Å². The minimum absolute atomic E-state index is 0. The molecule has 2 saturated heterocycles. The molecule has 0 aromatic heterocycles. The maximum atomic E-state index is 12.1. The Labute approximate surface area is 129 Å². The number of carbonyl (C=O) groups is 1. The average molecular weight is 305 g/mol. The van der Waals surface area contributed by atoms with E-state index in [0.29, 0.717) is 18.4 Å². The zero-order valence-electron chi connectivity index (χ0n) is 12.6. The highest BCUT2D eigenvalue weighted by Gasteiger charge is 2.23. The fourth-order valence-corrected chi connectivity index (χ4v) is 3.05. The van der Waals surface area contributed by atoms with Crippen molar-refractivity contribution in [2.24, 2.45) is 5.92 Å². The van der Waals surface area contributed by atoms with Gasteiger partial charge >= 0.3 is 0 Å². The van der Waals surface area contributed by atoms with E-state index in [1.54, 1.807) is 0 Å². The summed E-state index contributed by atoms with van der Waals surface area (Å²) in [6.45, 7) is 7.06. The van der Waals surface area contributed by atoms with Crippen molar-refractivity contribution in [2.45, 2.75) is 51.6 Å². The van der Waals surface area contributed by atoms with E-state index < -0.39 is 0 Å². The first-order valence-electron chi connectivity index (χ1n) is 7.89. The van der Waals surface area contributed by atoms with Crippen LogP contribution in [0.15, 0.2) is 0 Å². The molecular weight excluding hydrogens is 276 g/mol. The van der Waals surface area contributed by atoms with Crippen molar-refractivity contribution in [1.29, 1.82) is 0 Å². The maximum absolute atomic E-state index is 12.1. The summed E-state index contributed by atoms with van der Waals surface area (Å²) in [6, 6.07) is 0. The molecule has 0 aromatic rings. The van der Waals surface area contributed by atoms with Gasteiger partial charge in [0, 0.05) is 26.1 Å². The largest absolute Gasteiger partial charge is 0.378 e. The monoisotopic (exact) mass is 304 g/mol. The topological polar surface area (TPSA) is 41.6 Å². The summed E-state index contributed by atoms with van der Waals surface area (Å²) < 4.78 is 5.57. The van der Waals surface area contributed by atoms with Gasteiger partial charge in [-0.3, -0.25) is 4.79 Å². The fourth-order valence-electron chi connectivity index (χ4n) is 3.05. The van der Waals surface area contributed by atoms with Crippen LogP contribution in [0.5, 0.6) is 0 Å². The summed E-state index contributed by atoms with van der Waals surface area (Å²) in [4.78, 5) is 14.2. The molecule has 2 rings (SSSR count). The summed E-state index contributed by atoms with van der Waals surface area (Å²) in [5.74, 6) is 1.08. The van der Waals surface area contributed by atoms with Gasteiger partial charge in [0.25, 0.3) is 0 Å². The van der Waals surface area contributed by atoms with Crippen molar-refractivity contribution >= 4 is 18.3 Å². The number of rotatable bonds is 6. The second-order valence-electron chi connectivity index (χ2n) is 5.81. The molecular formula is C15H29ClN2O2. The molecule has 0 saturated carbocycles. The van der Waals surface area contributed by atoms with E-state index in [-0.39, 0.29) is 12.4 Å². The van der Waals surface area contributed by atoms with Crippen LogP contribution >= 0.6 is 12.4 Å². The van der Waals surface area contributed by atoms with E-state index in [1.165, 1.54) is 0 Å². The third-order valence-electron chi connectivity index (χ3n) is 4.35. The Morgan fingerprint density at radius 2 is 2.05 bits per heavy atom. The number of piperidine rings is 1. The van der Waals surface area contributed by atoms with Crippen molar-refractivity contribution < 1.29 is 9.53 Å². The number of likely N-dealkylation sites (tertiary alicyclic amines) is 1. The van der Waals surface area contributed by atoms with Gasteiger partial charge in [-0.15, -0.1) is 12.4 Å². The van der Waals surface area contributed by atoms with Gasteiger partial charge in [-0.1, -0.05) is 6.92 Å². The van der Waals surface area contributed by atoms with E-state index in [0.717, 1.165) is 70.8 Å². The van der Waals surface area contributed by atoms with Gasteiger partial charge < -0.3 is 15.0 Å². The van der Waals surface area contributed by atoms with Crippen LogP contribution in [-0.2, 0) is 9.53 Å². The zero-order valence-corrected chi connectivity index (χ0v) is 13.4. The van der Waals surface area contributed by atoms with Gasteiger partial charge in [-0.2, -0.15) is 0 Å². The molecule has 2 aliphatic rings. The van der Waals surface area contributed by atoms with Crippen molar-refractivity contribution in [2.75, 3.05) is 32.8 Å². The molecule has 0 radical (unpaired) electrons. The predicted octanol–water partition coefficient (Wildman–Crippen LogP) is 2.22. The summed E-state index contributed by atoms with van der Waals surface area (Å²) in [6.07, 6.45) is 6.53. The number of amides is 1. The molecule has 1 amide bonds. The fraction of sp³-hybridized carbons (Fsp3) is 0.933. The van der Waals surface area contributed by atoms with Crippen molar-refractivity contribution in [3.8, 4) is 0 Å². The van der Waals surface area contributed by atoms with Gasteiger partial charge in [0.1, 0.15) is 0 Å². The van der Waals surface area contributed by atoms with Crippen LogP contribution in [-0.4, -0.2) is 49.7 Å². The summed E-state index contributed by atoms with van der Waals surface area (Å²) in [5.41, 5.74) is 0. The minimum atomic E-state index is 0. The van der Waals surface area contributed by atoms with Crippen LogP contribution < -0.4 is 5.32 Å². The normalized spacial score (nSPS) is 23.6. The van der Waals surface area contributed by atoms with Crippen LogP contribution in [0.1, 0.15) is 45.4 Å². The highest BCUT2D eigenvalue weighted by Crippen LogP contribution is 2.20. The van der Waals surface area contributed by atoms with Crippen LogP contribution in [0.25, 0.3) is 0 Å². The Balaban J connectivity index is 0.00000200. The highest BCUT2D eigenvalue weighted by atomic mass is 35.5. The first-order chi connectivity index (χ1) is 9.29. The number of nitrogens with zero attached hydrogens (tertiary/aromatic N) is 1. The molecule has 4 nitrogen and oxygen atoms in total. The lowest BCUT2D eigenvalue weighted by Gasteiger charge is -2.32. The molecule has 20 heavy (non-hydrogen) atoms. The molecule has 2 heterocycles. The first kappa shape index (κ1) is 17.7. The summed E-state index contributed by atoms with van der Waals surface area (Å²) >= 11 is 0. The zero-order chi connectivity index (χ0) is 13.5. The summed E-state index contributed by atoms with van der Waals surface area (Å²) in [5, 5.41) is 3.40. The molecule has 2 fully saturated rings. The standard InChI is InChI=1S/C15H28N2O2.ClH/c1-2-16-12-13-7-9-17(10-8-13)15(18)6-5-14-4-3-11-19-14;/h13-14,16H,2-12H2,1H3;1H. The highest BCUT2D eigenvalue weighted by molar-refractivity contribution is 5.85. The quantitative estimate of drug-likeness (QED) is 0.818. The molecule has 2 aliphatic heterocycles. The van der Waals surface area contributed by atoms with Crippen LogP contribution in [0, 0.1) is 5.92 Å². The molecule has 0 aromatic carbocycles. The minimum Gasteiger partial charge on any atom is -0.378 e. The Kier molecular flexibility index (Phi) is 8.50. The third-order valence-corrected chi connectivity index (χ3v) is 4.35. The molecule has 118 valence electrons. The second kappa shape index (κ2) is 9.59. The Morgan fingerprint density at radius 3 is 2.65 bits per heavy atom. The van der Waals surface area contributed by atoms with Crippen LogP contribution in [0.2, 0.25) is 0 Å². The predicted molar refractivity (Wildman–Crippen MR) is 83.3 cm³/mol. The Morgan fingerprint density at radius 1 is 1.30 bits per heavy atom. The first-order valence-corrected chi connectivity index (χ1v) is 7.89. The van der Waals surface area contributed by atoms with Gasteiger partial charge in [-0.25, -0.2) is 0 Å². The number of hydrogen-bond donors (Lipinski definition) is 1. The number of hydrogen-bond acceptors (Lipinski definition) is 3. The molecule has 5 heteroatoms. The summed E-state index contributed by atoms with van der Waals surface area (Å²) in [7, 11) is 0. The van der Waals surface area contributed by atoms with Crippen molar-refractivity contribution in [1.82, 2.24) is 10.2 Å².